The minimum Gasteiger partial charge on any atom is -0.320 e. The summed E-state index contributed by atoms with van der Waals surface area (Å²) >= 11 is 8.20. The maximum absolute atomic E-state index is 14.7. The second kappa shape index (κ2) is 11.7. The van der Waals surface area contributed by atoms with E-state index in [9.17, 15) is 45.1 Å². The molecule has 0 fully saturated rings. The maximum atomic E-state index is 14.7. The Kier molecular flexibility index (Phi) is 8.51. The molecule has 1 aliphatic heterocycles. The highest BCUT2D eigenvalue weighted by atomic mass is 35.5. The first kappa shape index (κ1) is 32.8. The third kappa shape index (κ3) is 5.58. The molecule has 1 N–H and O–H groups in total. The second-order valence-corrected chi connectivity index (χ2v) is 12.5. The van der Waals surface area contributed by atoms with Crippen LogP contribution in [-0.4, -0.2) is 46.8 Å². The molecule has 0 saturated carbocycles. The van der Waals surface area contributed by atoms with Crippen LogP contribution in [0.3, 0.4) is 0 Å². The van der Waals surface area contributed by atoms with Crippen molar-refractivity contribution in [3.05, 3.63) is 91.5 Å². The number of anilines is 2. The lowest BCUT2D eigenvalue weighted by atomic mass is 9.94. The topological polar surface area (TPSA) is 71.4 Å². The molecule has 0 saturated heterocycles. The van der Waals surface area contributed by atoms with Crippen molar-refractivity contribution in [1.29, 1.82) is 0 Å². The van der Waals surface area contributed by atoms with Crippen LogP contribution in [0.15, 0.2) is 59.4 Å². The van der Waals surface area contributed by atoms with E-state index in [2.05, 4.69) is 5.32 Å². The predicted molar refractivity (Wildman–Crippen MR) is 161 cm³/mol. The number of thioether (sulfide) groups is 1. The zero-order chi connectivity index (χ0) is 33.1. The number of nitrogens with zero attached hydrogens (tertiary/aromatic N) is 2. The van der Waals surface area contributed by atoms with Gasteiger partial charge in [0.05, 0.1) is 44.3 Å². The van der Waals surface area contributed by atoms with Crippen molar-refractivity contribution in [2.45, 2.75) is 37.5 Å². The van der Waals surface area contributed by atoms with Gasteiger partial charge in [-0.25, -0.2) is 4.39 Å². The van der Waals surface area contributed by atoms with Crippen molar-refractivity contribution in [2.24, 2.45) is 0 Å². The van der Waals surface area contributed by atoms with Crippen LogP contribution in [0.2, 0.25) is 5.02 Å². The molecular formula is C29H21ClF7N3O3S2. The first-order chi connectivity index (χ1) is 21.0. The van der Waals surface area contributed by atoms with Crippen LogP contribution in [0.25, 0.3) is 10.2 Å². The zero-order valence-electron chi connectivity index (χ0n) is 23.1. The molecular weight excluding hydrogens is 671 g/mol. The Morgan fingerprint density at radius 2 is 1.64 bits per heavy atom. The average Bonchev–Trinajstić information content (AvgIpc) is 3.25. The number of aromatic nitrogens is 1. The van der Waals surface area contributed by atoms with Crippen LogP contribution in [-0.2, 0) is 12.2 Å². The van der Waals surface area contributed by atoms with Crippen LogP contribution in [0.4, 0.5) is 42.1 Å². The van der Waals surface area contributed by atoms with Gasteiger partial charge in [0.2, 0.25) is 0 Å². The van der Waals surface area contributed by atoms with E-state index in [0.29, 0.717) is 34.8 Å². The van der Waals surface area contributed by atoms with Crippen LogP contribution in [0, 0.1) is 0 Å². The Hall–Kier alpha value is -3.56. The number of carbonyl (C=O) groups excluding carboxylic acids is 2. The van der Waals surface area contributed by atoms with Gasteiger partial charge in [-0.2, -0.15) is 38.1 Å². The monoisotopic (exact) mass is 691 g/mol. The highest BCUT2D eigenvalue weighted by molar-refractivity contribution is 7.98. The van der Waals surface area contributed by atoms with E-state index in [4.69, 9.17) is 11.6 Å². The largest absolute Gasteiger partial charge is 0.435 e. The number of rotatable bonds is 6. The van der Waals surface area contributed by atoms with Crippen molar-refractivity contribution < 1.29 is 40.3 Å². The summed E-state index contributed by atoms with van der Waals surface area (Å²) in [7, 11) is 0. The van der Waals surface area contributed by atoms with E-state index in [1.54, 1.807) is 25.1 Å². The summed E-state index contributed by atoms with van der Waals surface area (Å²) in [6, 6.07) is 10.3. The predicted octanol–water partition coefficient (Wildman–Crippen LogP) is 8.02. The minimum atomic E-state index is -6.30. The molecule has 0 aliphatic carbocycles. The molecule has 1 aromatic heterocycles. The molecule has 2 heterocycles. The van der Waals surface area contributed by atoms with Crippen molar-refractivity contribution in [2.75, 3.05) is 22.2 Å². The Balaban J connectivity index is 1.60. The number of benzene rings is 3. The van der Waals surface area contributed by atoms with Gasteiger partial charge in [-0.05, 0) is 55.1 Å². The minimum absolute atomic E-state index is 0.00169. The number of thiazole rings is 1. The Labute approximate surface area is 263 Å². The van der Waals surface area contributed by atoms with Crippen LogP contribution in [0.5, 0.6) is 0 Å². The van der Waals surface area contributed by atoms with E-state index in [1.165, 1.54) is 34.9 Å². The number of halogens is 8. The average molecular weight is 692 g/mol. The molecule has 0 radical (unpaired) electrons. The Bertz CT molecular complexity index is 1870. The van der Waals surface area contributed by atoms with Gasteiger partial charge in [0.15, 0.2) is 0 Å². The van der Waals surface area contributed by atoms with E-state index >= 15 is 0 Å². The lowest BCUT2D eigenvalue weighted by molar-refractivity contribution is -0.348. The molecule has 16 heteroatoms. The molecule has 3 aromatic carbocycles. The molecule has 0 unspecified atom stereocenters. The highest BCUT2D eigenvalue weighted by Gasteiger charge is 2.73. The van der Waals surface area contributed by atoms with Gasteiger partial charge >= 0.3 is 22.9 Å². The first-order valence-corrected chi connectivity index (χ1v) is 15.6. The molecule has 2 amide bonds. The maximum Gasteiger partial charge on any atom is 0.435 e. The number of hydrogen-bond donors (Lipinski definition) is 1. The summed E-state index contributed by atoms with van der Waals surface area (Å²) in [5, 5.41) is 2.85. The summed E-state index contributed by atoms with van der Waals surface area (Å²) in [5.41, 5.74) is -6.32. The standard InChI is InChI=1S/C29H21ClF7N3O3S2/c1-14(13-44-2)40-21-10-15(6-8-19(21)38-24(41)17-4-3-5-18(30)23(17)25(40)42)12-39-20-9-7-16(11-22(20)45-26(39)43)27(31,28(32,33)34)29(35,36)37/h3-11,14H,12-13H2,1-2H3,(H,38,41)/t14-/m0/s1. The van der Waals surface area contributed by atoms with Crippen molar-refractivity contribution >= 4 is 68.1 Å². The highest BCUT2D eigenvalue weighted by Crippen LogP contribution is 2.53. The van der Waals surface area contributed by atoms with Gasteiger partial charge in [0.25, 0.3) is 11.8 Å². The molecule has 1 aliphatic rings. The van der Waals surface area contributed by atoms with Crippen LogP contribution in [0.1, 0.15) is 38.8 Å². The first-order valence-electron chi connectivity index (χ1n) is 13.0. The number of fused-ring (bicyclic) bond motifs is 3. The molecule has 0 bridgehead atoms. The molecule has 45 heavy (non-hydrogen) atoms. The fraction of sp³-hybridized carbons (Fsp3) is 0.276. The number of amides is 2. The van der Waals surface area contributed by atoms with Gasteiger partial charge < -0.3 is 10.2 Å². The van der Waals surface area contributed by atoms with Crippen molar-refractivity contribution in [3.63, 3.8) is 0 Å². The number of nitrogens with one attached hydrogen (secondary N) is 1. The van der Waals surface area contributed by atoms with E-state index in [0.717, 1.165) is 10.6 Å². The van der Waals surface area contributed by atoms with E-state index in [1.807, 2.05) is 6.26 Å². The number of alkyl halides is 7. The second-order valence-electron chi connectivity index (χ2n) is 10.2. The smallest absolute Gasteiger partial charge is 0.320 e. The van der Waals surface area contributed by atoms with Gasteiger partial charge in [0.1, 0.15) is 0 Å². The Morgan fingerprint density at radius 1 is 0.956 bits per heavy atom. The molecule has 0 spiro atoms. The van der Waals surface area contributed by atoms with Gasteiger partial charge in [0, 0.05) is 17.4 Å². The lowest BCUT2D eigenvalue weighted by Gasteiger charge is -2.33. The molecule has 6 nitrogen and oxygen atoms in total. The SMILES string of the molecule is CSC[C@H](C)N1C(=O)c2c(Cl)cccc2C(=O)Nc2ccc(Cn3c(=O)sc4cc(C(F)(C(F)(F)F)C(F)(F)F)ccc43)cc21. The van der Waals surface area contributed by atoms with E-state index in [-0.39, 0.29) is 44.3 Å². The Morgan fingerprint density at radius 3 is 2.29 bits per heavy atom. The van der Waals surface area contributed by atoms with Crippen LogP contribution < -0.4 is 15.1 Å². The summed E-state index contributed by atoms with van der Waals surface area (Å²) in [6.45, 7) is 1.58. The molecule has 4 aromatic rings. The summed E-state index contributed by atoms with van der Waals surface area (Å²) in [6.07, 6.45) is -10.8. The van der Waals surface area contributed by atoms with Gasteiger partial charge in [-0.15, -0.1) is 0 Å². The zero-order valence-corrected chi connectivity index (χ0v) is 25.5. The van der Waals surface area contributed by atoms with Gasteiger partial charge in [-0.1, -0.05) is 41.1 Å². The number of carbonyl (C=O) groups is 2. The molecule has 238 valence electrons. The third-order valence-electron chi connectivity index (χ3n) is 7.30. The van der Waals surface area contributed by atoms with Crippen molar-refractivity contribution in [1.82, 2.24) is 4.57 Å². The van der Waals surface area contributed by atoms with Crippen LogP contribution >= 0.6 is 34.7 Å². The normalized spacial score (nSPS) is 14.9. The fourth-order valence-electron chi connectivity index (χ4n) is 5.19. The van der Waals surface area contributed by atoms with Crippen molar-refractivity contribution in [3.8, 4) is 0 Å². The third-order valence-corrected chi connectivity index (χ3v) is 9.37. The molecule has 5 rings (SSSR count). The quantitative estimate of drug-likeness (QED) is 0.208. The van der Waals surface area contributed by atoms with E-state index < -0.39 is 46.3 Å². The fourth-order valence-corrected chi connectivity index (χ4v) is 7.00. The molecule has 1 atom stereocenters. The summed E-state index contributed by atoms with van der Waals surface area (Å²) < 4.78 is 95.4. The number of hydrogen-bond acceptors (Lipinski definition) is 5. The summed E-state index contributed by atoms with van der Waals surface area (Å²) in [4.78, 5) is 40.7. The summed E-state index contributed by atoms with van der Waals surface area (Å²) in [5.74, 6) is -0.629. The van der Waals surface area contributed by atoms with Gasteiger partial charge in [-0.3, -0.25) is 19.0 Å². The lowest BCUT2D eigenvalue weighted by Crippen LogP contribution is -2.50.